The lowest BCUT2D eigenvalue weighted by Gasteiger charge is -2.36. The average Bonchev–Trinajstić information content (AvgIpc) is 3.31. The zero-order valence-electron chi connectivity index (χ0n) is 18.5. The van der Waals surface area contributed by atoms with Gasteiger partial charge in [0.15, 0.2) is 5.96 Å². The molecule has 1 atom stereocenters. The predicted molar refractivity (Wildman–Crippen MR) is 123 cm³/mol. The minimum Gasteiger partial charge on any atom is -0.357 e. The van der Waals surface area contributed by atoms with Crippen LogP contribution in [0.3, 0.4) is 0 Å². The summed E-state index contributed by atoms with van der Waals surface area (Å²) in [6.45, 7) is 13.4. The van der Waals surface area contributed by atoms with Crippen LogP contribution in [0.25, 0.3) is 0 Å². The molecule has 0 radical (unpaired) electrons. The Labute approximate surface area is 179 Å². The maximum Gasteiger partial charge on any atom is 0.191 e. The fourth-order valence-corrected chi connectivity index (χ4v) is 4.83. The smallest absolute Gasteiger partial charge is 0.191 e. The van der Waals surface area contributed by atoms with E-state index in [0.29, 0.717) is 12.6 Å². The number of likely N-dealkylation sites (tertiary alicyclic amines) is 1. The lowest BCUT2D eigenvalue weighted by molar-refractivity contribution is 0.140. The highest BCUT2D eigenvalue weighted by Gasteiger charge is 2.25. The van der Waals surface area contributed by atoms with Gasteiger partial charge in [-0.15, -0.1) is 11.3 Å². The fraction of sp³-hybridized carbons (Fsp3) is 0.636. The molecule has 3 rings (SSSR count). The van der Waals surface area contributed by atoms with Crippen LogP contribution in [-0.4, -0.2) is 46.8 Å². The van der Waals surface area contributed by atoms with Gasteiger partial charge in [-0.3, -0.25) is 9.58 Å². The molecule has 1 aliphatic heterocycles. The molecule has 1 aliphatic rings. The van der Waals surface area contributed by atoms with Crippen LogP contribution in [0.5, 0.6) is 0 Å². The van der Waals surface area contributed by atoms with Crippen molar-refractivity contribution < 1.29 is 0 Å². The SMILES string of the molecule is CCNC(=NCc1c(C)nn(C)c1C)NCC(c1cccs1)N1CCC(C)CC1. The van der Waals surface area contributed by atoms with Gasteiger partial charge in [0.05, 0.1) is 18.3 Å². The van der Waals surface area contributed by atoms with Crippen LogP contribution < -0.4 is 10.6 Å². The first-order valence-corrected chi connectivity index (χ1v) is 11.7. The van der Waals surface area contributed by atoms with Crippen LogP contribution in [0.15, 0.2) is 22.5 Å². The van der Waals surface area contributed by atoms with Crippen LogP contribution in [-0.2, 0) is 13.6 Å². The summed E-state index contributed by atoms with van der Waals surface area (Å²) < 4.78 is 1.94. The largest absolute Gasteiger partial charge is 0.357 e. The first-order chi connectivity index (χ1) is 14.0. The van der Waals surface area contributed by atoms with Gasteiger partial charge in [-0.1, -0.05) is 13.0 Å². The van der Waals surface area contributed by atoms with Crippen LogP contribution >= 0.6 is 11.3 Å². The molecule has 29 heavy (non-hydrogen) atoms. The van der Waals surface area contributed by atoms with Crippen LogP contribution in [0.4, 0.5) is 0 Å². The Bertz CT molecular complexity index is 787. The number of hydrogen-bond acceptors (Lipinski definition) is 4. The minimum atomic E-state index is 0.397. The number of aromatic nitrogens is 2. The van der Waals surface area contributed by atoms with Crippen molar-refractivity contribution in [2.45, 2.75) is 53.1 Å². The van der Waals surface area contributed by atoms with E-state index in [0.717, 1.165) is 30.7 Å². The molecule has 0 spiro atoms. The standard InChI is InChI=1S/C22H36N6S/c1-6-23-22(24-14-19-17(3)26-27(5)18(19)4)25-15-20(21-8-7-13-29-21)28-11-9-16(2)10-12-28/h7-8,13,16,20H,6,9-12,14-15H2,1-5H3,(H2,23,24,25). The van der Waals surface area contributed by atoms with Crippen LogP contribution in [0.2, 0.25) is 0 Å². The number of nitrogens with zero attached hydrogens (tertiary/aromatic N) is 4. The highest BCUT2D eigenvalue weighted by molar-refractivity contribution is 7.10. The van der Waals surface area contributed by atoms with Crippen molar-refractivity contribution in [1.29, 1.82) is 0 Å². The summed E-state index contributed by atoms with van der Waals surface area (Å²) in [6, 6.07) is 4.82. The van der Waals surface area contributed by atoms with Crippen molar-refractivity contribution in [1.82, 2.24) is 25.3 Å². The van der Waals surface area contributed by atoms with Crippen molar-refractivity contribution in [3.63, 3.8) is 0 Å². The lowest BCUT2D eigenvalue weighted by atomic mass is 9.97. The molecule has 0 saturated carbocycles. The summed E-state index contributed by atoms with van der Waals surface area (Å²) in [5.74, 6) is 1.72. The second-order valence-corrected chi connectivity index (χ2v) is 9.08. The molecule has 0 aromatic carbocycles. The second kappa shape index (κ2) is 10.3. The molecule has 3 heterocycles. The van der Waals surface area contributed by atoms with Gasteiger partial charge >= 0.3 is 0 Å². The van der Waals surface area contributed by atoms with E-state index in [1.165, 1.54) is 42.1 Å². The van der Waals surface area contributed by atoms with E-state index in [9.17, 15) is 0 Å². The van der Waals surface area contributed by atoms with Crippen molar-refractivity contribution in [3.8, 4) is 0 Å². The molecular weight excluding hydrogens is 380 g/mol. The van der Waals surface area contributed by atoms with E-state index >= 15 is 0 Å². The van der Waals surface area contributed by atoms with E-state index < -0.39 is 0 Å². The minimum absolute atomic E-state index is 0.397. The number of rotatable bonds is 7. The van der Waals surface area contributed by atoms with Crippen molar-refractivity contribution in [2.75, 3.05) is 26.2 Å². The molecule has 2 aromatic rings. The Morgan fingerprint density at radius 2 is 2.07 bits per heavy atom. The fourth-order valence-electron chi connectivity index (χ4n) is 3.97. The van der Waals surface area contributed by atoms with Gasteiger partial charge in [0.2, 0.25) is 0 Å². The molecule has 1 unspecified atom stereocenters. The molecular formula is C22H36N6S. The Morgan fingerprint density at radius 3 is 2.66 bits per heavy atom. The molecule has 2 N–H and O–H groups in total. The average molecular weight is 417 g/mol. The Hall–Kier alpha value is -1.86. The molecule has 160 valence electrons. The van der Waals surface area contributed by atoms with Crippen molar-refractivity contribution >= 4 is 17.3 Å². The van der Waals surface area contributed by atoms with Gasteiger partial charge in [-0.2, -0.15) is 5.10 Å². The summed E-state index contributed by atoms with van der Waals surface area (Å²) in [7, 11) is 1.99. The van der Waals surface area contributed by atoms with Crippen molar-refractivity contribution in [2.24, 2.45) is 18.0 Å². The number of piperidine rings is 1. The quantitative estimate of drug-likeness (QED) is 0.535. The summed E-state index contributed by atoms with van der Waals surface area (Å²) in [5.41, 5.74) is 3.45. The number of guanidine groups is 1. The third kappa shape index (κ3) is 5.60. The van der Waals surface area contributed by atoms with Crippen LogP contribution in [0.1, 0.15) is 54.6 Å². The molecule has 0 bridgehead atoms. The van der Waals surface area contributed by atoms with Crippen molar-refractivity contribution in [3.05, 3.63) is 39.3 Å². The van der Waals surface area contributed by atoms with Gasteiger partial charge < -0.3 is 10.6 Å². The second-order valence-electron chi connectivity index (χ2n) is 8.10. The summed E-state index contributed by atoms with van der Waals surface area (Å²) in [4.78, 5) is 8.92. The molecule has 6 nitrogen and oxygen atoms in total. The highest BCUT2D eigenvalue weighted by atomic mass is 32.1. The summed E-state index contributed by atoms with van der Waals surface area (Å²) in [6.07, 6.45) is 2.57. The normalized spacial score (nSPS) is 17.5. The highest BCUT2D eigenvalue weighted by Crippen LogP contribution is 2.29. The number of hydrogen-bond donors (Lipinski definition) is 2. The number of nitrogens with one attached hydrogen (secondary N) is 2. The van der Waals surface area contributed by atoms with Gasteiger partial charge in [0, 0.05) is 36.3 Å². The van der Waals surface area contributed by atoms with E-state index in [4.69, 9.17) is 4.99 Å². The lowest BCUT2D eigenvalue weighted by Crippen LogP contribution is -2.45. The number of aliphatic imine (C=N–C) groups is 1. The zero-order chi connectivity index (χ0) is 20.8. The first-order valence-electron chi connectivity index (χ1n) is 10.8. The van der Waals surface area contributed by atoms with Gasteiger partial charge in [-0.05, 0) is 64.1 Å². The summed E-state index contributed by atoms with van der Waals surface area (Å²) >= 11 is 1.85. The molecule has 1 saturated heterocycles. The Balaban J connectivity index is 1.69. The van der Waals surface area contributed by atoms with E-state index in [-0.39, 0.29) is 0 Å². The maximum absolute atomic E-state index is 4.86. The first kappa shape index (κ1) is 21.8. The Morgan fingerprint density at radius 1 is 1.31 bits per heavy atom. The van der Waals surface area contributed by atoms with Gasteiger partial charge in [0.1, 0.15) is 0 Å². The monoisotopic (exact) mass is 416 g/mol. The predicted octanol–water partition coefficient (Wildman–Crippen LogP) is 3.63. The zero-order valence-corrected chi connectivity index (χ0v) is 19.4. The van der Waals surface area contributed by atoms with E-state index in [2.05, 4.69) is 65.8 Å². The molecule has 0 amide bonds. The van der Waals surface area contributed by atoms with Gasteiger partial charge in [0.25, 0.3) is 0 Å². The third-order valence-electron chi connectivity index (χ3n) is 5.99. The van der Waals surface area contributed by atoms with E-state index in [1.807, 2.05) is 23.1 Å². The van der Waals surface area contributed by atoms with E-state index in [1.54, 1.807) is 0 Å². The topological polar surface area (TPSA) is 57.5 Å². The molecule has 2 aromatic heterocycles. The summed E-state index contributed by atoms with van der Waals surface area (Å²) in [5, 5.41) is 13.7. The molecule has 0 aliphatic carbocycles. The number of aryl methyl sites for hydroxylation is 2. The molecule has 1 fully saturated rings. The van der Waals surface area contributed by atoms with Crippen LogP contribution in [0, 0.1) is 19.8 Å². The Kier molecular flexibility index (Phi) is 7.72. The third-order valence-corrected chi connectivity index (χ3v) is 6.97. The van der Waals surface area contributed by atoms with Gasteiger partial charge in [-0.25, -0.2) is 4.99 Å². The maximum atomic E-state index is 4.86. The number of thiophene rings is 1. The molecule has 7 heteroatoms.